The Bertz CT molecular complexity index is 592. The number of H-pyrrole nitrogens is 1. The van der Waals surface area contributed by atoms with Crippen LogP contribution in [-0.4, -0.2) is 62.7 Å². The maximum Gasteiger partial charge on any atom is 0.233 e. The van der Waals surface area contributed by atoms with Crippen molar-refractivity contribution in [1.29, 1.82) is 0 Å². The summed E-state index contributed by atoms with van der Waals surface area (Å²) >= 11 is 1.43. The lowest BCUT2D eigenvalue weighted by Gasteiger charge is -2.19. The summed E-state index contributed by atoms with van der Waals surface area (Å²) in [5.74, 6) is 0.551. The Morgan fingerprint density at radius 2 is 2.25 bits per heavy atom. The zero-order valence-corrected chi connectivity index (χ0v) is 11.8. The topological polar surface area (TPSA) is 86.8 Å². The molecule has 0 unspecified atom stereocenters. The molecule has 0 bridgehead atoms. The summed E-state index contributed by atoms with van der Waals surface area (Å²) in [5.41, 5.74) is 1.43. The highest BCUT2D eigenvalue weighted by molar-refractivity contribution is 8.00. The lowest BCUT2D eigenvalue weighted by molar-refractivity contribution is -0.128. The van der Waals surface area contributed by atoms with Crippen LogP contribution in [0.3, 0.4) is 0 Å². The zero-order chi connectivity index (χ0) is 13.8. The minimum Gasteiger partial charge on any atom is -0.341 e. The molecule has 1 saturated heterocycles. The van der Waals surface area contributed by atoms with Gasteiger partial charge in [-0.2, -0.15) is 0 Å². The summed E-state index contributed by atoms with van der Waals surface area (Å²) in [5, 5.41) is 4.06. The van der Waals surface area contributed by atoms with Crippen LogP contribution in [-0.2, 0) is 4.79 Å². The maximum absolute atomic E-state index is 12.2. The van der Waals surface area contributed by atoms with Gasteiger partial charge in [0.1, 0.15) is 16.9 Å². The third-order valence-electron chi connectivity index (χ3n) is 3.21. The second-order valence-electron chi connectivity index (χ2n) is 4.55. The fraction of sp³-hybridized carbons (Fsp3) is 0.500. The van der Waals surface area contributed by atoms with Crippen molar-refractivity contribution in [3.63, 3.8) is 0 Å². The van der Waals surface area contributed by atoms with Gasteiger partial charge in [-0.1, -0.05) is 11.8 Å². The minimum atomic E-state index is 0.157. The van der Waals surface area contributed by atoms with E-state index in [4.69, 9.17) is 0 Å². The van der Waals surface area contributed by atoms with Gasteiger partial charge in [-0.25, -0.2) is 15.0 Å². The van der Waals surface area contributed by atoms with Crippen LogP contribution < -0.4 is 5.32 Å². The average molecular weight is 292 g/mol. The van der Waals surface area contributed by atoms with Gasteiger partial charge in [-0.15, -0.1) is 0 Å². The Hall–Kier alpha value is -1.67. The predicted molar refractivity (Wildman–Crippen MR) is 76.5 cm³/mol. The number of hydrogen-bond acceptors (Lipinski definition) is 6. The fourth-order valence-electron chi connectivity index (χ4n) is 2.17. The summed E-state index contributed by atoms with van der Waals surface area (Å²) in [7, 11) is 0. The van der Waals surface area contributed by atoms with E-state index in [1.165, 1.54) is 18.1 Å². The number of carbonyl (C=O) groups is 1. The predicted octanol–water partition coefficient (Wildman–Crippen LogP) is 0.267. The first-order valence-corrected chi connectivity index (χ1v) is 7.58. The van der Waals surface area contributed by atoms with E-state index >= 15 is 0 Å². The maximum atomic E-state index is 12.2. The highest BCUT2D eigenvalue weighted by Crippen LogP contribution is 2.22. The Morgan fingerprint density at radius 3 is 3.20 bits per heavy atom. The van der Waals surface area contributed by atoms with Crippen LogP contribution in [0.2, 0.25) is 0 Å². The zero-order valence-electron chi connectivity index (χ0n) is 11.0. The molecule has 0 radical (unpaired) electrons. The van der Waals surface area contributed by atoms with Gasteiger partial charge in [0.15, 0.2) is 5.65 Å². The first-order valence-electron chi connectivity index (χ1n) is 6.60. The van der Waals surface area contributed by atoms with Crippen molar-refractivity contribution in [2.24, 2.45) is 0 Å². The number of fused-ring (bicyclic) bond motifs is 1. The molecule has 0 aliphatic carbocycles. The van der Waals surface area contributed by atoms with E-state index in [1.54, 1.807) is 6.33 Å². The molecule has 3 rings (SSSR count). The molecule has 2 N–H and O–H groups in total. The SMILES string of the molecule is O=C(CSc1ncnc2nc[nH]c12)N1CCCNCC1. The molecule has 20 heavy (non-hydrogen) atoms. The van der Waals surface area contributed by atoms with Crippen LogP contribution >= 0.6 is 11.8 Å². The van der Waals surface area contributed by atoms with Crippen molar-refractivity contribution >= 4 is 28.8 Å². The smallest absolute Gasteiger partial charge is 0.233 e. The molecule has 1 aliphatic heterocycles. The number of rotatable bonds is 3. The van der Waals surface area contributed by atoms with E-state index in [9.17, 15) is 4.79 Å². The van der Waals surface area contributed by atoms with Crippen LogP contribution in [0.1, 0.15) is 6.42 Å². The molecule has 2 aromatic heterocycles. The second-order valence-corrected chi connectivity index (χ2v) is 5.52. The number of aromatic nitrogens is 4. The van der Waals surface area contributed by atoms with E-state index in [0.717, 1.165) is 43.1 Å². The molecule has 0 spiro atoms. The van der Waals surface area contributed by atoms with Gasteiger partial charge in [-0.3, -0.25) is 4.79 Å². The number of carbonyl (C=O) groups excluding carboxylic acids is 1. The van der Waals surface area contributed by atoms with Gasteiger partial charge in [-0.05, 0) is 13.0 Å². The summed E-state index contributed by atoms with van der Waals surface area (Å²) < 4.78 is 0. The molecule has 1 aliphatic rings. The minimum absolute atomic E-state index is 0.157. The Balaban J connectivity index is 1.63. The fourth-order valence-corrected chi connectivity index (χ4v) is 3.03. The standard InChI is InChI=1S/C12H16N6OS/c19-9(18-4-1-2-13-3-5-18)6-20-12-10-11(15-7-14-10)16-8-17-12/h7-8,13H,1-6H2,(H,14,15,16,17). The van der Waals surface area contributed by atoms with Crippen LogP contribution in [0, 0.1) is 0 Å². The number of nitrogens with one attached hydrogen (secondary N) is 2. The highest BCUT2D eigenvalue weighted by atomic mass is 32.2. The van der Waals surface area contributed by atoms with Crippen molar-refractivity contribution in [3.8, 4) is 0 Å². The summed E-state index contributed by atoms with van der Waals surface area (Å²) in [6.45, 7) is 3.46. The van der Waals surface area contributed by atoms with Crippen molar-refractivity contribution in [2.75, 3.05) is 31.9 Å². The molecule has 1 fully saturated rings. The lowest BCUT2D eigenvalue weighted by Crippen LogP contribution is -2.35. The van der Waals surface area contributed by atoms with Crippen LogP contribution in [0.4, 0.5) is 0 Å². The van der Waals surface area contributed by atoms with Crippen molar-refractivity contribution in [3.05, 3.63) is 12.7 Å². The molecule has 7 nitrogen and oxygen atoms in total. The van der Waals surface area contributed by atoms with Gasteiger partial charge < -0.3 is 15.2 Å². The van der Waals surface area contributed by atoms with Crippen LogP contribution in [0.15, 0.2) is 17.7 Å². The van der Waals surface area contributed by atoms with E-state index in [2.05, 4.69) is 25.3 Å². The summed E-state index contributed by atoms with van der Waals surface area (Å²) in [6.07, 6.45) is 4.08. The van der Waals surface area contributed by atoms with Crippen molar-refractivity contribution in [1.82, 2.24) is 30.2 Å². The lowest BCUT2D eigenvalue weighted by atomic mass is 10.4. The number of imidazole rings is 1. The van der Waals surface area contributed by atoms with Gasteiger partial charge in [0.25, 0.3) is 0 Å². The molecule has 8 heteroatoms. The number of hydrogen-bond donors (Lipinski definition) is 2. The summed E-state index contributed by atoms with van der Waals surface area (Å²) in [6, 6.07) is 0. The number of amides is 1. The molecule has 0 saturated carbocycles. The van der Waals surface area contributed by atoms with E-state index in [-0.39, 0.29) is 5.91 Å². The Kier molecular flexibility index (Phi) is 4.12. The Morgan fingerprint density at radius 1 is 1.30 bits per heavy atom. The van der Waals surface area contributed by atoms with Gasteiger partial charge in [0.05, 0.1) is 12.1 Å². The van der Waals surface area contributed by atoms with Gasteiger partial charge in [0.2, 0.25) is 5.91 Å². The van der Waals surface area contributed by atoms with Gasteiger partial charge in [0, 0.05) is 19.6 Å². The molecule has 3 heterocycles. The largest absolute Gasteiger partial charge is 0.341 e. The Labute approximate surface area is 120 Å². The van der Waals surface area contributed by atoms with Crippen molar-refractivity contribution in [2.45, 2.75) is 11.4 Å². The third-order valence-corrected chi connectivity index (χ3v) is 4.19. The number of nitrogens with zero attached hydrogens (tertiary/aromatic N) is 4. The first kappa shape index (κ1) is 13.3. The normalized spacial score (nSPS) is 16.3. The molecular formula is C12H16N6OS. The monoisotopic (exact) mass is 292 g/mol. The summed E-state index contributed by atoms with van der Waals surface area (Å²) in [4.78, 5) is 29.5. The first-order chi connectivity index (χ1) is 9.84. The number of aromatic amines is 1. The molecule has 0 atom stereocenters. The highest BCUT2D eigenvalue weighted by Gasteiger charge is 2.16. The average Bonchev–Trinajstić information content (AvgIpc) is 2.79. The van der Waals surface area contributed by atoms with E-state index in [0.29, 0.717) is 11.4 Å². The molecule has 1 amide bonds. The van der Waals surface area contributed by atoms with Crippen LogP contribution in [0.5, 0.6) is 0 Å². The molecule has 106 valence electrons. The molecule has 2 aromatic rings. The van der Waals surface area contributed by atoms with Crippen molar-refractivity contribution < 1.29 is 4.79 Å². The number of thioether (sulfide) groups is 1. The third kappa shape index (κ3) is 2.91. The van der Waals surface area contributed by atoms with Gasteiger partial charge >= 0.3 is 0 Å². The molecular weight excluding hydrogens is 276 g/mol. The van der Waals surface area contributed by atoms with Crippen LogP contribution in [0.25, 0.3) is 11.2 Å². The second kappa shape index (κ2) is 6.19. The molecule has 0 aromatic carbocycles. The van der Waals surface area contributed by atoms with E-state index in [1.807, 2.05) is 4.90 Å². The van der Waals surface area contributed by atoms with E-state index < -0.39 is 0 Å². The quantitative estimate of drug-likeness (QED) is 0.623.